The van der Waals surface area contributed by atoms with Crippen molar-refractivity contribution in [1.29, 1.82) is 5.26 Å². The van der Waals surface area contributed by atoms with Gasteiger partial charge in [-0.25, -0.2) is 0 Å². The molecule has 4 nitrogen and oxygen atoms in total. The Hall–Kier alpha value is -1.61. The minimum Gasteiger partial charge on any atom is -0.400 e. The second kappa shape index (κ2) is 5.65. The minimum atomic E-state index is -0.605. The SMILES string of the molecule is CC1(C)OB(C(=Cc2ccccc2C#N)CO)OC1(C)C. The average Bonchev–Trinajstić information content (AvgIpc) is 2.65. The van der Waals surface area contributed by atoms with Gasteiger partial charge in [0.25, 0.3) is 0 Å². The smallest absolute Gasteiger partial charge is 0.400 e. The van der Waals surface area contributed by atoms with Crippen molar-refractivity contribution in [3.63, 3.8) is 0 Å². The average molecular weight is 285 g/mol. The topological polar surface area (TPSA) is 62.5 Å². The van der Waals surface area contributed by atoms with Crippen molar-refractivity contribution in [3.05, 3.63) is 40.9 Å². The standard InChI is InChI=1S/C16H20BNO3/c1-15(2)16(3,4)21-17(20-15)14(11-19)9-12-7-5-6-8-13(12)10-18/h5-9,19H,11H2,1-4H3. The molecular formula is C16H20BNO3. The molecule has 0 aliphatic carbocycles. The van der Waals surface area contributed by atoms with E-state index in [-0.39, 0.29) is 6.61 Å². The number of hydrogen-bond donors (Lipinski definition) is 1. The molecule has 21 heavy (non-hydrogen) atoms. The van der Waals surface area contributed by atoms with Crippen molar-refractivity contribution >= 4 is 13.2 Å². The summed E-state index contributed by atoms with van der Waals surface area (Å²) in [5.74, 6) is 0. The van der Waals surface area contributed by atoms with Gasteiger partial charge in [0, 0.05) is 0 Å². The third-order valence-corrected chi connectivity index (χ3v) is 4.16. The molecule has 0 saturated carbocycles. The molecule has 1 heterocycles. The first-order valence-corrected chi connectivity index (χ1v) is 6.97. The first kappa shape index (κ1) is 15.8. The molecule has 5 heteroatoms. The molecule has 1 aromatic rings. The minimum absolute atomic E-state index is 0.184. The van der Waals surface area contributed by atoms with Crippen molar-refractivity contribution in [1.82, 2.24) is 0 Å². The molecule has 1 aromatic carbocycles. The Kier molecular flexibility index (Phi) is 4.24. The summed E-state index contributed by atoms with van der Waals surface area (Å²) >= 11 is 0. The predicted molar refractivity (Wildman–Crippen MR) is 82.3 cm³/mol. The van der Waals surface area contributed by atoms with Crippen LogP contribution in [0.25, 0.3) is 6.08 Å². The Labute approximate surface area is 126 Å². The fourth-order valence-corrected chi connectivity index (χ4v) is 2.11. The van der Waals surface area contributed by atoms with Gasteiger partial charge in [-0.05, 0) is 44.8 Å². The summed E-state index contributed by atoms with van der Waals surface area (Å²) in [5, 5.41) is 18.8. The maximum absolute atomic E-state index is 9.64. The summed E-state index contributed by atoms with van der Waals surface area (Å²) in [6.07, 6.45) is 1.76. The second-order valence-corrected chi connectivity index (χ2v) is 6.16. The van der Waals surface area contributed by atoms with E-state index in [0.29, 0.717) is 11.0 Å². The van der Waals surface area contributed by atoms with Gasteiger partial charge in [-0.3, -0.25) is 0 Å². The van der Waals surface area contributed by atoms with Crippen LogP contribution in [-0.2, 0) is 9.31 Å². The highest BCUT2D eigenvalue weighted by Gasteiger charge is 2.52. The van der Waals surface area contributed by atoms with Crippen LogP contribution < -0.4 is 0 Å². The number of benzene rings is 1. The molecule has 1 aliphatic rings. The van der Waals surface area contributed by atoms with Gasteiger partial charge in [0.05, 0.1) is 29.4 Å². The summed E-state index contributed by atoms with van der Waals surface area (Å²) in [6.45, 7) is 7.67. The molecule has 0 aromatic heterocycles. The van der Waals surface area contributed by atoms with E-state index in [4.69, 9.17) is 14.6 Å². The van der Waals surface area contributed by atoms with Crippen molar-refractivity contribution in [3.8, 4) is 6.07 Å². The summed E-state index contributed by atoms with van der Waals surface area (Å²) in [5.41, 5.74) is 0.997. The van der Waals surface area contributed by atoms with E-state index in [0.717, 1.165) is 5.56 Å². The molecular weight excluding hydrogens is 265 g/mol. The molecule has 0 radical (unpaired) electrons. The zero-order valence-electron chi connectivity index (χ0n) is 12.9. The fourth-order valence-electron chi connectivity index (χ4n) is 2.11. The molecule has 0 unspecified atom stereocenters. The largest absolute Gasteiger partial charge is 0.492 e. The Bertz CT molecular complexity index is 586. The van der Waals surface area contributed by atoms with E-state index in [1.54, 1.807) is 12.1 Å². The normalized spacial score (nSPS) is 20.4. The van der Waals surface area contributed by atoms with Crippen LogP contribution in [0.15, 0.2) is 29.7 Å². The fraction of sp³-hybridized carbons (Fsp3) is 0.438. The number of nitriles is 1. The monoisotopic (exact) mass is 285 g/mol. The lowest BCUT2D eigenvalue weighted by molar-refractivity contribution is 0.00578. The lowest BCUT2D eigenvalue weighted by atomic mass is 9.77. The Morgan fingerprint density at radius 2 is 1.81 bits per heavy atom. The van der Waals surface area contributed by atoms with Gasteiger partial charge in [0.15, 0.2) is 0 Å². The molecule has 0 amide bonds. The number of aliphatic hydroxyl groups is 1. The number of rotatable bonds is 3. The lowest BCUT2D eigenvalue weighted by Crippen LogP contribution is -2.41. The highest BCUT2D eigenvalue weighted by molar-refractivity contribution is 6.55. The molecule has 0 spiro atoms. The summed E-state index contributed by atoms with van der Waals surface area (Å²) in [4.78, 5) is 0. The van der Waals surface area contributed by atoms with Crippen LogP contribution in [-0.4, -0.2) is 30.0 Å². The molecule has 1 fully saturated rings. The van der Waals surface area contributed by atoms with Crippen molar-refractivity contribution in [2.45, 2.75) is 38.9 Å². The molecule has 1 saturated heterocycles. The van der Waals surface area contributed by atoms with Crippen LogP contribution in [0.4, 0.5) is 0 Å². The van der Waals surface area contributed by atoms with Crippen LogP contribution >= 0.6 is 0 Å². The van der Waals surface area contributed by atoms with Crippen molar-refractivity contribution in [2.24, 2.45) is 0 Å². The Balaban J connectivity index is 2.34. The molecule has 2 rings (SSSR count). The second-order valence-electron chi connectivity index (χ2n) is 6.16. The summed E-state index contributed by atoms with van der Waals surface area (Å²) < 4.78 is 11.9. The zero-order valence-corrected chi connectivity index (χ0v) is 12.9. The lowest BCUT2D eigenvalue weighted by Gasteiger charge is -2.32. The molecule has 110 valence electrons. The Morgan fingerprint density at radius 1 is 1.24 bits per heavy atom. The van der Waals surface area contributed by atoms with Crippen molar-refractivity contribution in [2.75, 3.05) is 6.61 Å². The quantitative estimate of drug-likeness (QED) is 0.867. The van der Waals surface area contributed by atoms with Gasteiger partial charge in [0.2, 0.25) is 0 Å². The first-order valence-electron chi connectivity index (χ1n) is 6.97. The summed E-state index contributed by atoms with van der Waals surface area (Å²) in [6, 6.07) is 9.38. The van der Waals surface area contributed by atoms with Crippen LogP contribution in [0.3, 0.4) is 0 Å². The van der Waals surface area contributed by atoms with Crippen LogP contribution in [0.1, 0.15) is 38.8 Å². The Morgan fingerprint density at radius 3 is 2.33 bits per heavy atom. The van der Waals surface area contributed by atoms with E-state index < -0.39 is 18.3 Å². The molecule has 1 aliphatic heterocycles. The summed E-state index contributed by atoms with van der Waals surface area (Å²) in [7, 11) is -0.605. The number of hydrogen-bond acceptors (Lipinski definition) is 4. The van der Waals surface area contributed by atoms with Crippen LogP contribution in [0.2, 0.25) is 0 Å². The third kappa shape index (κ3) is 3.03. The zero-order chi connectivity index (χ0) is 15.7. The number of nitrogens with zero attached hydrogens (tertiary/aromatic N) is 1. The van der Waals surface area contributed by atoms with Gasteiger partial charge >= 0.3 is 7.12 Å². The highest BCUT2D eigenvalue weighted by atomic mass is 16.7. The van der Waals surface area contributed by atoms with Gasteiger partial charge in [0.1, 0.15) is 0 Å². The third-order valence-electron chi connectivity index (χ3n) is 4.16. The van der Waals surface area contributed by atoms with E-state index >= 15 is 0 Å². The molecule has 1 N–H and O–H groups in total. The predicted octanol–water partition coefficient (Wildman–Crippen LogP) is 2.57. The van der Waals surface area contributed by atoms with Crippen molar-refractivity contribution < 1.29 is 14.4 Å². The van der Waals surface area contributed by atoms with Crippen LogP contribution in [0.5, 0.6) is 0 Å². The van der Waals surface area contributed by atoms with Gasteiger partial charge in [-0.2, -0.15) is 5.26 Å². The van der Waals surface area contributed by atoms with E-state index in [1.807, 2.05) is 45.9 Å². The van der Waals surface area contributed by atoms with Crippen LogP contribution in [0, 0.1) is 11.3 Å². The van der Waals surface area contributed by atoms with E-state index in [2.05, 4.69) is 6.07 Å². The first-order chi connectivity index (χ1) is 9.80. The van der Waals surface area contributed by atoms with E-state index in [1.165, 1.54) is 0 Å². The highest BCUT2D eigenvalue weighted by Crippen LogP contribution is 2.38. The maximum atomic E-state index is 9.64. The molecule has 0 bridgehead atoms. The van der Waals surface area contributed by atoms with Gasteiger partial charge in [-0.1, -0.05) is 24.3 Å². The van der Waals surface area contributed by atoms with Gasteiger partial charge in [-0.15, -0.1) is 0 Å². The van der Waals surface area contributed by atoms with Gasteiger partial charge < -0.3 is 14.4 Å². The number of aliphatic hydroxyl groups excluding tert-OH is 1. The molecule has 0 atom stereocenters. The maximum Gasteiger partial charge on any atom is 0.492 e. The van der Waals surface area contributed by atoms with E-state index in [9.17, 15) is 5.11 Å².